The molecule has 0 saturated carbocycles. The van der Waals surface area contributed by atoms with E-state index in [9.17, 15) is 0 Å². The topological polar surface area (TPSA) is 6.48 Å². The van der Waals surface area contributed by atoms with Crippen LogP contribution in [-0.2, 0) is 6.04 Å². The van der Waals surface area contributed by atoms with Crippen LogP contribution in [0.25, 0.3) is 0 Å². The van der Waals surface area contributed by atoms with Crippen molar-refractivity contribution in [2.45, 2.75) is 92.0 Å². The van der Waals surface area contributed by atoms with Crippen LogP contribution in [0.4, 0.5) is 11.4 Å². The fourth-order valence-corrected chi connectivity index (χ4v) is 13.3. The Morgan fingerprint density at radius 1 is 0.625 bits per heavy atom. The van der Waals surface area contributed by atoms with Crippen molar-refractivity contribution in [3.05, 3.63) is 119 Å². The number of halogens is 1. The molecule has 0 unspecified atom stereocenters. The minimum Gasteiger partial charge on any atom is -0.345 e. The Morgan fingerprint density at radius 2 is 1.02 bits per heavy atom. The van der Waals surface area contributed by atoms with Gasteiger partial charge in [-0.1, -0.05) is 144 Å². The third-order valence-corrected chi connectivity index (χ3v) is 14.4. The second kappa shape index (κ2) is 12.1. The molecular weight excluding hydrogens is 568 g/mol. The Morgan fingerprint density at radius 3 is 1.43 bits per heavy atom. The van der Waals surface area contributed by atoms with Crippen molar-refractivity contribution >= 4 is 33.7 Å². The summed E-state index contributed by atoms with van der Waals surface area (Å²) in [5.41, 5.74) is 11.9. The van der Waals surface area contributed by atoms with Crippen molar-refractivity contribution in [2.24, 2.45) is 0 Å². The van der Waals surface area contributed by atoms with Crippen molar-refractivity contribution in [1.29, 1.82) is 0 Å². The van der Waals surface area contributed by atoms with E-state index in [-0.39, 0.29) is 0 Å². The molecule has 0 fully saturated rings. The number of hydrogen-bond donors (Lipinski definition) is 0. The first-order chi connectivity index (χ1) is 18.9. The highest BCUT2D eigenvalue weighted by Crippen LogP contribution is 2.50. The smallest absolute Gasteiger partial charge is 0.345 e. The summed E-state index contributed by atoms with van der Waals surface area (Å²) in [4.78, 5) is 0. The van der Waals surface area contributed by atoms with E-state index in [1.165, 1.54) is 44.9 Å². The number of hydrogen-bond acceptors (Lipinski definition) is 2. The first-order valence-electron chi connectivity index (χ1n) is 14.8. The zero-order valence-corrected chi connectivity index (χ0v) is 28.5. The fourth-order valence-electron chi connectivity index (χ4n) is 6.18. The molecular formula is C36H47BrN2Si. The molecule has 3 aromatic rings. The molecule has 0 N–H and O–H groups in total. The number of nitrogens with zero attached hydrogens (tertiary/aromatic N) is 2. The molecule has 0 aromatic heterocycles. The number of rotatable bonds is 8. The summed E-state index contributed by atoms with van der Waals surface area (Å²) in [6.07, 6.45) is 2.31. The van der Waals surface area contributed by atoms with E-state index in [0.29, 0.717) is 23.7 Å². The lowest BCUT2D eigenvalue weighted by atomic mass is 9.92. The van der Waals surface area contributed by atoms with E-state index >= 15 is 0 Å². The van der Waals surface area contributed by atoms with E-state index in [4.69, 9.17) is 6.58 Å². The van der Waals surface area contributed by atoms with Gasteiger partial charge in [-0.2, -0.15) is 0 Å². The quantitative estimate of drug-likeness (QED) is 0.184. The molecule has 0 amide bonds. The third-order valence-electron chi connectivity index (χ3n) is 8.10. The maximum Gasteiger partial charge on any atom is 0.351 e. The lowest BCUT2D eigenvalue weighted by molar-refractivity contribution is 0.821. The summed E-state index contributed by atoms with van der Waals surface area (Å²) in [6.45, 7) is 25.5. The Bertz CT molecular complexity index is 1340. The van der Waals surface area contributed by atoms with Crippen molar-refractivity contribution in [1.82, 2.24) is 0 Å². The van der Waals surface area contributed by atoms with Crippen molar-refractivity contribution in [3.8, 4) is 0 Å². The molecule has 1 heterocycles. The van der Waals surface area contributed by atoms with E-state index < -0.39 is 7.02 Å². The summed E-state index contributed by atoms with van der Waals surface area (Å²) in [5.74, 6) is 1.57. The largest absolute Gasteiger partial charge is 0.351 e. The van der Waals surface area contributed by atoms with Gasteiger partial charge in [0.1, 0.15) is 0 Å². The molecule has 2 nitrogen and oxygen atoms in total. The molecule has 4 heteroatoms. The Hall–Kier alpha value is -2.56. The van der Waals surface area contributed by atoms with Crippen LogP contribution < -0.4 is 9.13 Å². The molecule has 1 atom stereocenters. The van der Waals surface area contributed by atoms with Gasteiger partial charge in [-0.3, -0.25) is 0 Å². The first-order valence-corrected chi connectivity index (χ1v) is 19.2. The summed E-state index contributed by atoms with van der Waals surface area (Å²) in [6, 6.07) is 25.7. The van der Waals surface area contributed by atoms with Crippen LogP contribution in [0.3, 0.4) is 0 Å². The van der Waals surface area contributed by atoms with Gasteiger partial charge in [0.15, 0.2) is 0 Å². The molecule has 212 valence electrons. The third kappa shape index (κ3) is 5.62. The Labute approximate surface area is 252 Å². The van der Waals surface area contributed by atoms with Crippen molar-refractivity contribution in [2.75, 3.05) is 9.13 Å². The van der Waals surface area contributed by atoms with Crippen molar-refractivity contribution < 1.29 is 0 Å². The number of allylic oxidation sites excluding steroid dienone is 2. The van der Waals surface area contributed by atoms with Gasteiger partial charge in [0.25, 0.3) is 0 Å². The Kier molecular flexibility index (Phi) is 9.21. The minimum atomic E-state index is -2.74. The van der Waals surface area contributed by atoms with Gasteiger partial charge in [0.05, 0.1) is 0 Å². The van der Waals surface area contributed by atoms with E-state index in [2.05, 4.69) is 160 Å². The highest BCUT2D eigenvalue weighted by atomic mass is 79.9. The summed E-state index contributed by atoms with van der Waals surface area (Å²) < 4.78 is 5.35. The Balaban J connectivity index is 2.13. The van der Waals surface area contributed by atoms with Gasteiger partial charge in [0.2, 0.25) is 0 Å². The molecule has 0 radical (unpaired) electrons. The lowest BCUT2D eigenvalue weighted by Gasteiger charge is -2.53. The molecule has 40 heavy (non-hydrogen) atoms. The predicted octanol–water partition coefficient (Wildman–Crippen LogP) is 11.0. The SMILES string of the molecule is C=C1C=C(C)N(c2c(C(C)C)cccc2C(C)C)[Si@](Br)(Cc2ccccc2)N1c1c(C(C)C)cccc1C(C)C. The maximum absolute atomic E-state index is 4.73. The second-order valence-corrected chi connectivity index (χ2v) is 19.0. The van der Waals surface area contributed by atoms with Crippen LogP contribution in [0.2, 0.25) is 0 Å². The predicted molar refractivity (Wildman–Crippen MR) is 182 cm³/mol. The maximum atomic E-state index is 4.73. The van der Waals surface area contributed by atoms with Gasteiger partial charge >= 0.3 is 7.02 Å². The van der Waals surface area contributed by atoms with Crippen LogP contribution in [0.15, 0.2) is 90.8 Å². The van der Waals surface area contributed by atoms with Crippen molar-refractivity contribution in [3.63, 3.8) is 0 Å². The van der Waals surface area contributed by atoms with E-state index in [0.717, 1.165) is 11.7 Å². The van der Waals surface area contributed by atoms with Crippen LogP contribution in [0.5, 0.6) is 0 Å². The minimum absolute atomic E-state index is 0.388. The summed E-state index contributed by atoms with van der Waals surface area (Å²) in [5, 5.41) is 0. The van der Waals surface area contributed by atoms with E-state index in [1.54, 1.807) is 0 Å². The standard InChI is InChI=1S/C36H47BrN2Si/c1-24(2)31-18-14-19-32(25(3)4)35(31)38-28(9)22-29(10)39(40(38,37)23-30-16-12-11-13-17-30)36-33(26(5)6)20-15-21-34(36)27(7)8/h11-22,24-27H,9,23H2,1-8,10H3/t40-/m0/s1. The lowest BCUT2D eigenvalue weighted by Crippen LogP contribution is -2.65. The zero-order valence-electron chi connectivity index (χ0n) is 25.9. The zero-order chi connectivity index (χ0) is 29.4. The number of benzene rings is 3. The molecule has 0 aliphatic carbocycles. The van der Waals surface area contributed by atoms with Crippen LogP contribution in [-0.4, -0.2) is 7.02 Å². The monoisotopic (exact) mass is 614 g/mol. The number of para-hydroxylation sites is 2. The molecule has 3 aromatic carbocycles. The summed E-state index contributed by atoms with van der Waals surface area (Å²) in [7, 11) is -2.74. The van der Waals surface area contributed by atoms with Crippen LogP contribution in [0.1, 0.15) is 114 Å². The van der Waals surface area contributed by atoms with E-state index in [1.807, 2.05) is 0 Å². The molecule has 4 rings (SSSR count). The highest BCUT2D eigenvalue weighted by molar-refractivity contribution is 9.26. The van der Waals surface area contributed by atoms with Gasteiger partial charge in [0, 0.05) is 28.8 Å². The molecule has 0 saturated heterocycles. The van der Waals surface area contributed by atoms with Gasteiger partial charge in [-0.25, -0.2) is 0 Å². The molecule has 1 aliphatic heterocycles. The highest BCUT2D eigenvalue weighted by Gasteiger charge is 2.51. The normalized spacial score (nSPS) is 17.9. The van der Waals surface area contributed by atoms with Crippen LogP contribution in [0, 0.1) is 0 Å². The first kappa shape index (κ1) is 30.4. The molecule has 0 bridgehead atoms. The van der Waals surface area contributed by atoms with Gasteiger partial charge < -0.3 is 9.13 Å². The average Bonchev–Trinajstić information content (AvgIpc) is 2.88. The molecule has 0 spiro atoms. The molecule has 1 aliphatic rings. The second-order valence-electron chi connectivity index (χ2n) is 12.5. The van der Waals surface area contributed by atoms with Gasteiger partial charge in [-0.05, 0) is 64.5 Å². The number of anilines is 2. The average molecular weight is 616 g/mol. The van der Waals surface area contributed by atoms with Crippen LogP contribution >= 0.6 is 15.3 Å². The summed E-state index contributed by atoms with van der Waals surface area (Å²) >= 11 is 4.64. The fraction of sp³-hybridized carbons (Fsp3) is 0.389. The van der Waals surface area contributed by atoms with Gasteiger partial charge in [-0.15, -0.1) is 0 Å².